The van der Waals surface area contributed by atoms with Crippen molar-refractivity contribution in [2.75, 3.05) is 0 Å². The Labute approximate surface area is 58.2 Å². The zero-order chi connectivity index (χ0) is 8.41. The van der Waals surface area contributed by atoms with Crippen LogP contribution in [0.25, 0.3) is 0 Å². The lowest BCUT2D eigenvalue weighted by Gasteiger charge is -2.26. The van der Waals surface area contributed by atoms with E-state index in [2.05, 4.69) is 4.74 Å². The summed E-state index contributed by atoms with van der Waals surface area (Å²) >= 11 is 0. The number of hydrogen-bond acceptors (Lipinski definition) is 1. The van der Waals surface area contributed by atoms with Crippen molar-refractivity contribution in [2.24, 2.45) is 0 Å². The van der Waals surface area contributed by atoms with Crippen LogP contribution in [-0.4, -0.2) is 11.8 Å². The van der Waals surface area contributed by atoms with Crippen LogP contribution in [0.15, 0.2) is 0 Å². The second kappa shape index (κ2) is 2.78. The third kappa shape index (κ3) is 2.17. The smallest absolute Gasteiger partial charge is 0.361 e. The molecule has 0 heterocycles. The lowest BCUT2D eigenvalue weighted by molar-refractivity contribution is -0.253. The summed E-state index contributed by atoms with van der Waals surface area (Å²) in [4.78, 5) is 0. The lowest BCUT2D eigenvalue weighted by Crippen LogP contribution is -2.40. The summed E-state index contributed by atoms with van der Waals surface area (Å²) in [6, 6.07) is 0. The third-order valence-electron chi connectivity index (χ3n) is 1.10. The van der Waals surface area contributed by atoms with Gasteiger partial charge in [0.2, 0.25) is 0 Å². The van der Waals surface area contributed by atoms with Crippen molar-refractivity contribution in [3.8, 4) is 0 Å². The molecule has 1 nitrogen and oxygen atoms in total. The van der Waals surface area contributed by atoms with E-state index in [1.54, 1.807) is 0 Å². The van der Waals surface area contributed by atoms with Crippen molar-refractivity contribution < 1.29 is 17.9 Å². The molecule has 0 aromatic heterocycles. The minimum atomic E-state index is -4.31. The molecule has 0 saturated heterocycles. The largest absolute Gasteiger partial charge is 0.416 e. The molecule has 61 valence electrons. The molecule has 0 unspecified atom stereocenters. The van der Waals surface area contributed by atoms with Gasteiger partial charge in [-0.05, 0) is 20.8 Å². The van der Waals surface area contributed by atoms with E-state index >= 15 is 0 Å². The molecule has 0 aliphatic heterocycles. The highest BCUT2D eigenvalue weighted by atomic mass is 19.4. The molecule has 1 radical (unpaired) electrons. The fourth-order valence-electron chi connectivity index (χ4n) is 0.361. The van der Waals surface area contributed by atoms with Gasteiger partial charge in [0, 0.05) is 0 Å². The van der Waals surface area contributed by atoms with Gasteiger partial charge in [-0.3, -0.25) is 0 Å². The van der Waals surface area contributed by atoms with Gasteiger partial charge < -0.3 is 4.74 Å². The Hall–Kier alpha value is -0.250. The highest BCUT2D eigenvalue weighted by Gasteiger charge is 2.48. The van der Waals surface area contributed by atoms with Gasteiger partial charge in [-0.2, -0.15) is 13.2 Å². The van der Waals surface area contributed by atoms with Gasteiger partial charge >= 0.3 is 6.18 Å². The second-order valence-electron chi connectivity index (χ2n) is 2.36. The molecule has 0 saturated carbocycles. The van der Waals surface area contributed by atoms with Crippen molar-refractivity contribution in [1.29, 1.82) is 0 Å². The van der Waals surface area contributed by atoms with Crippen LogP contribution in [0.3, 0.4) is 0 Å². The molecule has 0 atom stereocenters. The molecule has 0 rings (SSSR count). The highest BCUT2D eigenvalue weighted by Crippen LogP contribution is 2.32. The number of halogens is 3. The van der Waals surface area contributed by atoms with Crippen LogP contribution < -0.4 is 0 Å². The van der Waals surface area contributed by atoms with Crippen LogP contribution in [0.5, 0.6) is 0 Å². The molecule has 4 heteroatoms. The standard InChI is InChI=1S/C6H10F3O/c1-4-10-5(2,3)6(7,8)9/h4H,1-3H3. The van der Waals surface area contributed by atoms with Crippen LogP contribution in [0.1, 0.15) is 20.8 Å². The van der Waals surface area contributed by atoms with Crippen LogP contribution in [0, 0.1) is 6.61 Å². The molecular formula is C6H10F3O. The fourth-order valence-corrected chi connectivity index (χ4v) is 0.361. The van der Waals surface area contributed by atoms with E-state index in [-0.39, 0.29) is 0 Å². The van der Waals surface area contributed by atoms with Gasteiger partial charge in [0.1, 0.15) is 0 Å². The van der Waals surface area contributed by atoms with Crippen LogP contribution >= 0.6 is 0 Å². The predicted octanol–water partition coefficient (Wildman–Crippen LogP) is 2.53. The highest BCUT2D eigenvalue weighted by molar-refractivity contribution is 4.78. The second-order valence-corrected chi connectivity index (χ2v) is 2.36. The first-order chi connectivity index (χ1) is 4.31. The summed E-state index contributed by atoms with van der Waals surface area (Å²) in [5.74, 6) is 0. The summed E-state index contributed by atoms with van der Waals surface area (Å²) < 4.78 is 40.0. The summed E-state index contributed by atoms with van der Waals surface area (Å²) in [7, 11) is 0. The van der Waals surface area contributed by atoms with Crippen molar-refractivity contribution in [2.45, 2.75) is 32.5 Å². The van der Waals surface area contributed by atoms with Crippen LogP contribution in [-0.2, 0) is 4.74 Å². The van der Waals surface area contributed by atoms with E-state index in [9.17, 15) is 13.2 Å². The molecule has 0 aliphatic carbocycles. The van der Waals surface area contributed by atoms with E-state index in [1.165, 1.54) is 6.92 Å². The lowest BCUT2D eigenvalue weighted by atomic mass is 10.1. The molecular weight excluding hydrogens is 145 g/mol. The van der Waals surface area contributed by atoms with Crippen LogP contribution in [0.2, 0.25) is 0 Å². The number of rotatable bonds is 2. The van der Waals surface area contributed by atoms with Gasteiger partial charge in [0.25, 0.3) is 0 Å². The Bertz CT molecular complexity index is 106. The average Bonchev–Trinajstić information content (AvgIpc) is 1.61. The molecule has 0 spiro atoms. The molecule has 0 amide bonds. The monoisotopic (exact) mass is 155 g/mol. The van der Waals surface area contributed by atoms with E-state index in [4.69, 9.17) is 0 Å². The Morgan fingerprint density at radius 1 is 1.20 bits per heavy atom. The Morgan fingerprint density at radius 3 is 1.70 bits per heavy atom. The third-order valence-corrected chi connectivity index (χ3v) is 1.10. The number of hydrogen-bond donors (Lipinski definition) is 0. The fraction of sp³-hybridized carbons (Fsp3) is 0.833. The molecule has 0 N–H and O–H groups in total. The van der Waals surface area contributed by atoms with Gasteiger partial charge in [-0.25, -0.2) is 0 Å². The molecule has 0 aliphatic rings. The molecule has 0 fully saturated rings. The molecule has 0 bridgehead atoms. The van der Waals surface area contributed by atoms with Crippen molar-refractivity contribution in [1.82, 2.24) is 0 Å². The zero-order valence-electron chi connectivity index (χ0n) is 6.12. The maximum Gasteiger partial charge on any atom is 0.416 e. The van der Waals surface area contributed by atoms with Crippen LogP contribution in [0.4, 0.5) is 13.2 Å². The maximum absolute atomic E-state index is 11.9. The first kappa shape index (κ1) is 9.75. The van der Waals surface area contributed by atoms with E-state index in [0.717, 1.165) is 20.5 Å². The van der Waals surface area contributed by atoms with Gasteiger partial charge in [0.15, 0.2) is 5.60 Å². The quantitative estimate of drug-likeness (QED) is 0.595. The van der Waals surface area contributed by atoms with Gasteiger partial charge in [0.05, 0.1) is 6.61 Å². The van der Waals surface area contributed by atoms with Crippen molar-refractivity contribution in [3.63, 3.8) is 0 Å². The van der Waals surface area contributed by atoms with E-state index < -0.39 is 11.8 Å². The van der Waals surface area contributed by atoms with Crippen molar-refractivity contribution in [3.05, 3.63) is 6.61 Å². The summed E-state index contributed by atoms with van der Waals surface area (Å²) in [5, 5.41) is 0. The maximum atomic E-state index is 11.9. The summed E-state index contributed by atoms with van der Waals surface area (Å²) in [6.07, 6.45) is -4.31. The van der Waals surface area contributed by atoms with Gasteiger partial charge in [-0.1, -0.05) is 0 Å². The van der Waals surface area contributed by atoms with Crippen molar-refractivity contribution >= 4 is 0 Å². The molecule has 0 aromatic carbocycles. The number of alkyl halides is 3. The van der Waals surface area contributed by atoms with E-state index in [0.29, 0.717) is 0 Å². The minimum absolute atomic E-state index is 0.979. The SMILES string of the molecule is C[CH]OC(C)(C)C(F)(F)F. The van der Waals surface area contributed by atoms with E-state index in [1.807, 2.05) is 0 Å². The Morgan fingerprint density at radius 2 is 1.60 bits per heavy atom. The molecule has 10 heavy (non-hydrogen) atoms. The summed E-state index contributed by atoms with van der Waals surface area (Å²) in [5.41, 5.74) is -2.07. The Kier molecular flexibility index (Phi) is 2.71. The normalized spacial score (nSPS) is 13.8. The molecule has 0 aromatic rings. The Balaban J connectivity index is 4.10. The zero-order valence-corrected chi connectivity index (χ0v) is 6.12. The summed E-state index contributed by atoms with van der Waals surface area (Å²) in [6.45, 7) is 4.40. The number of ether oxygens (including phenoxy) is 1. The van der Waals surface area contributed by atoms with Gasteiger partial charge in [-0.15, -0.1) is 0 Å². The first-order valence-electron chi connectivity index (χ1n) is 2.83. The minimum Gasteiger partial charge on any atom is -0.361 e. The first-order valence-corrected chi connectivity index (χ1v) is 2.83. The predicted molar refractivity (Wildman–Crippen MR) is 31.2 cm³/mol. The topological polar surface area (TPSA) is 9.23 Å². The average molecular weight is 155 g/mol.